The van der Waals surface area contributed by atoms with E-state index in [0.717, 1.165) is 28.0 Å². The molecule has 0 radical (unpaired) electrons. The molecular formula is C23H17N3O3S. The second kappa shape index (κ2) is 8.23. The van der Waals surface area contributed by atoms with Crippen molar-refractivity contribution >= 4 is 33.6 Å². The van der Waals surface area contributed by atoms with E-state index < -0.39 is 5.63 Å². The molecule has 0 saturated heterocycles. The number of anilines is 1. The molecule has 30 heavy (non-hydrogen) atoms. The quantitative estimate of drug-likeness (QED) is 0.356. The summed E-state index contributed by atoms with van der Waals surface area (Å²) in [7, 11) is 1.62. The highest BCUT2D eigenvalue weighted by atomic mass is 32.1. The molecule has 2 heterocycles. The van der Waals surface area contributed by atoms with E-state index in [1.807, 2.05) is 48.7 Å². The molecule has 0 saturated carbocycles. The molecule has 6 nitrogen and oxygen atoms in total. The van der Waals surface area contributed by atoms with Crippen LogP contribution in [0.15, 0.2) is 69.3 Å². The van der Waals surface area contributed by atoms with Crippen LogP contribution in [0.2, 0.25) is 0 Å². The number of methoxy groups -OCH3 is 1. The molecule has 0 aliphatic carbocycles. The molecule has 2 aromatic heterocycles. The fraction of sp³-hybridized carbons (Fsp3) is 0.0870. The number of hydrogen-bond acceptors (Lipinski definition) is 7. The third-order valence-corrected chi connectivity index (χ3v) is 5.43. The van der Waals surface area contributed by atoms with Gasteiger partial charge in [0.15, 0.2) is 0 Å². The van der Waals surface area contributed by atoms with Gasteiger partial charge in [0.25, 0.3) is 0 Å². The Bertz CT molecular complexity index is 1360. The molecule has 148 valence electrons. The average Bonchev–Trinajstić information content (AvgIpc) is 3.24. The van der Waals surface area contributed by atoms with Gasteiger partial charge in [0.2, 0.25) is 0 Å². The maximum absolute atomic E-state index is 11.6. The standard InChI is InChI=1S/C23H17N3O3S/c1-14-8-22(27)29-21-10-17(6-7-19(14)21)25-12-16(11-24)23-26-20(13-30-23)15-4-3-5-18(9-15)28-2/h3-10,12-13,25H,1-2H3/b16-12+. The molecule has 4 aromatic rings. The number of thiazole rings is 1. The zero-order valence-electron chi connectivity index (χ0n) is 16.3. The Morgan fingerprint density at radius 2 is 2.13 bits per heavy atom. The van der Waals surface area contributed by atoms with Crippen LogP contribution in [0.1, 0.15) is 10.6 Å². The van der Waals surface area contributed by atoms with Crippen LogP contribution < -0.4 is 15.7 Å². The summed E-state index contributed by atoms with van der Waals surface area (Å²) in [6.07, 6.45) is 1.60. The summed E-state index contributed by atoms with van der Waals surface area (Å²) in [5.41, 5.74) is 3.76. The van der Waals surface area contributed by atoms with Crippen LogP contribution in [-0.2, 0) is 0 Å². The van der Waals surface area contributed by atoms with Gasteiger partial charge in [-0.2, -0.15) is 5.26 Å². The second-order valence-corrected chi connectivity index (χ2v) is 7.40. The summed E-state index contributed by atoms with van der Waals surface area (Å²) in [4.78, 5) is 16.2. The van der Waals surface area contributed by atoms with Crippen LogP contribution in [-0.4, -0.2) is 12.1 Å². The zero-order chi connectivity index (χ0) is 21.1. The van der Waals surface area contributed by atoms with Crippen molar-refractivity contribution in [2.45, 2.75) is 6.92 Å². The lowest BCUT2D eigenvalue weighted by Crippen LogP contribution is -1.98. The lowest BCUT2D eigenvalue weighted by atomic mass is 10.1. The van der Waals surface area contributed by atoms with Crippen molar-refractivity contribution in [3.8, 4) is 23.1 Å². The Kier molecular flexibility index (Phi) is 5.33. The van der Waals surface area contributed by atoms with Crippen LogP contribution in [0.5, 0.6) is 5.75 Å². The Labute approximate surface area is 176 Å². The first-order valence-corrected chi connectivity index (χ1v) is 9.97. The van der Waals surface area contributed by atoms with E-state index in [0.29, 0.717) is 21.9 Å². The van der Waals surface area contributed by atoms with E-state index in [-0.39, 0.29) is 0 Å². The predicted octanol–water partition coefficient (Wildman–Crippen LogP) is 5.21. The number of nitrogens with zero attached hydrogens (tertiary/aromatic N) is 2. The van der Waals surface area contributed by atoms with Gasteiger partial charge in [0.05, 0.1) is 12.8 Å². The van der Waals surface area contributed by atoms with E-state index in [4.69, 9.17) is 9.15 Å². The van der Waals surface area contributed by atoms with Gasteiger partial charge in [0.1, 0.15) is 28.0 Å². The third-order valence-electron chi connectivity index (χ3n) is 4.56. The van der Waals surface area contributed by atoms with E-state index >= 15 is 0 Å². The van der Waals surface area contributed by atoms with E-state index in [2.05, 4.69) is 16.4 Å². The number of rotatable bonds is 5. The maximum atomic E-state index is 11.6. The lowest BCUT2D eigenvalue weighted by molar-refractivity contribution is 0.415. The fourth-order valence-electron chi connectivity index (χ4n) is 3.02. The molecule has 0 atom stereocenters. The first kappa shape index (κ1) is 19.4. The van der Waals surface area contributed by atoms with Gasteiger partial charge in [0, 0.05) is 40.3 Å². The largest absolute Gasteiger partial charge is 0.497 e. The minimum atomic E-state index is -0.390. The molecule has 0 unspecified atom stereocenters. The van der Waals surface area contributed by atoms with Crippen molar-refractivity contribution in [1.82, 2.24) is 4.98 Å². The van der Waals surface area contributed by atoms with Crippen LogP contribution >= 0.6 is 11.3 Å². The van der Waals surface area contributed by atoms with Gasteiger partial charge in [-0.05, 0) is 36.8 Å². The van der Waals surface area contributed by atoms with Crippen molar-refractivity contribution < 1.29 is 9.15 Å². The molecule has 2 aromatic carbocycles. The van der Waals surface area contributed by atoms with E-state index in [9.17, 15) is 10.1 Å². The minimum Gasteiger partial charge on any atom is -0.497 e. The van der Waals surface area contributed by atoms with Crippen molar-refractivity contribution in [2.24, 2.45) is 0 Å². The SMILES string of the molecule is COc1cccc(-c2csc(/C(C#N)=C/Nc3ccc4c(C)cc(=O)oc4c3)n2)c1. The molecule has 0 bridgehead atoms. The summed E-state index contributed by atoms with van der Waals surface area (Å²) in [5.74, 6) is 0.748. The highest BCUT2D eigenvalue weighted by Crippen LogP contribution is 2.28. The van der Waals surface area contributed by atoms with Crippen LogP contribution in [0.3, 0.4) is 0 Å². The van der Waals surface area contributed by atoms with Crippen molar-refractivity contribution in [1.29, 1.82) is 5.26 Å². The van der Waals surface area contributed by atoms with Gasteiger partial charge in [-0.15, -0.1) is 11.3 Å². The summed E-state index contributed by atoms with van der Waals surface area (Å²) in [5, 5.41) is 16.1. The molecule has 4 rings (SSSR count). The number of nitrogens with one attached hydrogen (secondary N) is 1. The molecule has 1 N–H and O–H groups in total. The normalized spacial score (nSPS) is 11.3. The maximum Gasteiger partial charge on any atom is 0.336 e. The zero-order valence-corrected chi connectivity index (χ0v) is 17.1. The highest BCUT2D eigenvalue weighted by Gasteiger charge is 2.10. The van der Waals surface area contributed by atoms with Crippen LogP contribution in [0, 0.1) is 18.3 Å². The number of nitriles is 1. The fourth-order valence-corrected chi connectivity index (χ4v) is 3.82. The number of hydrogen-bond donors (Lipinski definition) is 1. The molecule has 0 aliphatic rings. The smallest absolute Gasteiger partial charge is 0.336 e. The molecular weight excluding hydrogens is 398 g/mol. The summed E-state index contributed by atoms with van der Waals surface area (Å²) >= 11 is 1.39. The summed E-state index contributed by atoms with van der Waals surface area (Å²) < 4.78 is 10.5. The monoisotopic (exact) mass is 415 g/mol. The van der Waals surface area contributed by atoms with Gasteiger partial charge < -0.3 is 14.5 Å². The number of ether oxygens (including phenoxy) is 1. The second-order valence-electron chi connectivity index (χ2n) is 6.54. The van der Waals surface area contributed by atoms with Crippen LogP contribution in [0.4, 0.5) is 5.69 Å². The average molecular weight is 415 g/mol. The Morgan fingerprint density at radius 3 is 2.93 bits per heavy atom. The molecule has 7 heteroatoms. The molecule has 0 spiro atoms. The highest BCUT2D eigenvalue weighted by molar-refractivity contribution is 7.11. The molecule has 0 amide bonds. The number of aromatic nitrogens is 1. The number of fused-ring (bicyclic) bond motifs is 1. The van der Waals surface area contributed by atoms with E-state index in [1.54, 1.807) is 19.4 Å². The summed E-state index contributed by atoms with van der Waals surface area (Å²) in [6, 6.07) is 16.7. The van der Waals surface area contributed by atoms with Crippen molar-refractivity contribution in [2.75, 3.05) is 12.4 Å². The van der Waals surface area contributed by atoms with Gasteiger partial charge in [-0.1, -0.05) is 12.1 Å². The van der Waals surface area contributed by atoms with E-state index in [1.165, 1.54) is 17.4 Å². The first-order chi connectivity index (χ1) is 14.6. The predicted molar refractivity (Wildman–Crippen MR) is 119 cm³/mol. The van der Waals surface area contributed by atoms with Gasteiger partial charge in [-0.3, -0.25) is 0 Å². The van der Waals surface area contributed by atoms with Crippen LogP contribution in [0.25, 0.3) is 27.8 Å². The third kappa shape index (κ3) is 3.95. The van der Waals surface area contributed by atoms with Gasteiger partial charge in [-0.25, -0.2) is 9.78 Å². The summed E-state index contributed by atoms with van der Waals surface area (Å²) in [6.45, 7) is 1.86. The number of aryl methyl sites for hydroxylation is 1. The number of allylic oxidation sites excluding steroid dienone is 1. The topological polar surface area (TPSA) is 88.1 Å². The molecule has 0 fully saturated rings. The Hall–Kier alpha value is -3.89. The Balaban J connectivity index is 1.60. The minimum absolute atomic E-state index is 0.390. The number of benzene rings is 2. The van der Waals surface area contributed by atoms with Crippen molar-refractivity contribution in [3.63, 3.8) is 0 Å². The Morgan fingerprint density at radius 1 is 1.27 bits per heavy atom. The van der Waals surface area contributed by atoms with Crippen molar-refractivity contribution in [3.05, 3.63) is 81.1 Å². The first-order valence-electron chi connectivity index (χ1n) is 9.09. The lowest BCUT2D eigenvalue weighted by Gasteiger charge is -2.05. The van der Waals surface area contributed by atoms with Gasteiger partial charge >= 0.3 is 5.63 Å². The molecule has 0 aliphatic heterocycles.